The zero-order valence-corrected chi connectivity index (χ0v) is 10.9. The van der Waals surface area contributed by atoms with Crippen LogP contribution in [0.2, 0.25) is 0 Å². The Morgan fingerprint density at radius 2 is 2.20 bits per heavy atom. The molecule has 0 bridgehead atoms. The van der Waals surface area contributed by atoms with Crippen molar-refractivity contribution in [1.82, 2.24) is 13.7 Å². The van der Waals surface area contributed by atoms with Crippen LogP contribution < -0.4 is 8.85 Å². The topological polar surface area (TPSA) is 61.4 Å². The third kappa shape index (κ3) is 3.60. The predicted molar refractivity (Wildman–Crippen MR) is 65.4 cm³/mol. The Hall–Kier alpha value is -0.370. The van der Waals surface area contributed by atoms with Gasteiger partial charge in [0.25, 0.3) is 0 Å². The van der Waals surface area contributed by atoms with E-state index in [1.54, 1.807) is 4.90 Å². The van der Waals surface area contributed by atoms with E-state index in [0.717, 1.165) is 19.4 Å². The Morgan fingerprint density at radius 1 is 1.47 bits per heavy atom. The van der Waals surface area contributed by atoms with Crippen molar-refractivity contribution >= 4 is 34.7 Å². The van der Waals surface area contributed by atoms with Gasteiger partial charge in [-0.25, -0.2) is 0 Å². The van der Waals surface area contributed by atoms with Crippen LogP contribution >= 0.6 is 22.9 Å². The number of rotatable bonds is 4. The SMILES string of the molecule is CC(=O)N1CCCC1C(=O)NCCNI. The second-order valence-corrected chi connectivity index (χ2v) is 4.31. The van der Waals surface area contributed by atoms with Crippen LogP contribution in [0.4, 0.5) is 0 Å². The highest BCUT2D eigenvalue weighted by molar-refractivity contribution is 14.1. The summed E-state index contributed by atoms with van der Waals surface area (Å²) in [6, 6.07) is -0.253. The van der Waals surface area contributed by atoms with Crippen molar-refractivity contribution < 1.29 is 9.59 Å². The van der Waals surface area contributed by atoms with E-state index in [1.165, 1.54) is 6.92 Å². The van der Waals surface area contributed by atoms with Crippen LogP contribution in [0.25, 0.3) is 0 Å². The maximum atomic E-state index is 11.7. The number of nitrogens with one attached hydrogen (secondary N) is 2. The molecule has 0 aromatic rings. The van der Waals surface area contributed by atoms with Crippen LogP contribution in [0, 0.1) is 0 Å². The molecule has 0 radical (unpaired) electrons. The monoisotopic (exact) mass is 325 g/mol. The molecule has 1 aliphatic heterocycles. The van der Waals surface area contributed by atoms with E-state index in [1.807, 2.05) is 22.9 Å². The van der Waals surface area contributed by atoms with Gasteiger partial charge in [-0.3, -0.25) is 13.1 Å². The lowest BCUT2D eigenvalue weighted by Gasteiger charge is -2.22. The molecule has 1 heterocycles. The molecule has 5 nitrogen and oxygen atoms in total. The quantitative estimate of drug-likeness (QED) is 0.436. The molecule has 0 aromatic heterocycles. The number of likely N-dealkylation sites (tertiary alicyclic amines) is 1. The minimum Gasteiger partial charge on any atom is -0.353 e. The molecule has 15 heavy (non-hydrogen) atoms. The molecular weight excluding hydrogens is 309 g/mol. The second kappa shape index (κ2) is 6.26. The number of carbonyl (C=O) groups excluding carboxylic acids is 2. The summed E-state index contributed by atoms with van der Waals surface area (Å²) in [7, 11) is 0. The van der Waals surface area contributed by atoms with E-state index in [9.17, 15) is 9.59 Å². The standard InChI is InChI=1S/C9H16IN3O2/c1-7(14)13-6-2-3-8(13)9(15)11-4-5-12-10/h8,12H,2-6H2,1H3,(H,11,15). The van der Waals surface area contributed by atoms with Crippen LogP contribution in [0.15, 0.2) is 0 Å². The summed E-state index contributed by atoms with van der Waals surface area (Å²) < 4.78 is 2.92. The molecule has 86 valence electrons. The van der Waals surface area contributed by atoms with Crippen molar-refractivity contribution in [1.29, 1.82) is 0 Å². The highest BCUT2D eigenvalue weighted by atomic mass is 127. The number of carbonyl (C=O) groups is 2. The first-order valence-corrected chi connectivity index (χ1v) is 6.13. The highest BCUT2D eigenvalue weighted by Gasteiger charge is 2.31. The predicted octanol–water partition coefficient (Wildman–Crippen LogP) is 0.0531. The van der Waals surface area contributed by atoms with Gasteiger partial charge in [-0.1, -0.05) is 0 Å². The van der Waals surface area contributed by atoms with Crippen LogP contribution in [0.3, 0.4) is 0 Å². The third-order valence-electron chi connectivity index (χ3n) is 2.48. The number of nitrogens with zero attached hydrogens (tertiary/aromatic N) is 1. The molecule has 0 saturated carbocycles. The Kier molecular flexibility index (Phi) is 5.30. The summed E-state index contributed by atoms with van der Waals surface area (Å²) in [5, 5.41) is 2.81. The summed E-state index contributed by atoms with van der Waals surface area (Å²) in [4.78, 5) is 24.6. The van der Waals surface area contributed by atoms with E-state index in [0.29, 0.717) is 13.1 Å². The van der Waals surface area contributed by atoms with Crippen molar-refractivity contribution in [2.24, 2.45) is 0 Å². The van der Waals surface area contributed by atoms with Gasteiger partial charge in [0.1, 0.15) is 6.04 Å². The third-order valence-corrected chi connectivity index (χ3v) is 3.02. The summed E-state index contributed by atoms with van der Waals surface area (Å²) in [5.74, 6) is -0.0472. The average molecular weight is 325 g/mol. The van der Waals surface area contributed by atoms with Crippen LogP contribution in [-0.2, 0) is 9.59 Å². The fourth-order valence-corrected chi connectivity index (χ4v) is 2.04. The smallest absolute Gasteiger partial charge is 0.242 e. The lowest BCUT2D eigenvalue weighted by atomic mass is 10.2. The van der Waals surface area contributed by atoms with Gasteiger partial charge < -0.3 is 10.2 Å². The molecule has 1 fully saturated rings. The van der Waals surface area contributed by atoms with Gasteiger partial charge in [-0.15, -0.1) is 0 Å². The summed E-state index contributed by atoms with van der Waals surface area (Å²) in [5.41, 5.74) is 0. The van der Waals surface area contributed by atoms with E-state index in [2.05, 4.69) is 8.85 Å². The molecule has 1 saturated heterocycles. The second-order valence-electron chi connectivity index (χ2n) is 3.55. The zero-order valence-electron chi connectivity index (χ0n) is 8.75. The lowest BCUT2D eigenvalue weighted by molar-refractivity contribution is -0.136. The van der Waals surface area contributed by atoms with Gasteiger partial charge in [-0.05, 0) is 12.8 Å². The number of amides is 2. The van der Waals surface area contributed by atoms with Gasteiger partial charge >= 0.3 is 0 Å². The van der Waals surface area contributed by atoms with Crippen molar-refractivity contribution in [3.63, 3.8) is 0 Å². The first kappa shape index (κ1) is 12.7. The molecule has 6 heteroatoms. The first-order valence-electron chi connectivity index (χ1n) is 5.05. The number of hydrogen-bond donors (Lipinski definition) is 2. The molecule has 2 amide bonds. The highest BCUT2D eigenvalue weighted by Crippen LogP contribution is 2.16. The van der Waals surface area contributed by atoms with Crippen molar-refractivity contribution in [2.45, 2.75) is 25.8 Å². The Bertz CT molecular complexity index is 248. The molecule has 0 aromatic carbocycles. The molecule has 1 atom stereocenters. The summed E-state index contributed by atoms with van der Waals surface area (Å²) >= 11 is 2.03. The molecule has 1 rings (SSSR count). The van der Waals surface area contributed by atoms with Gasteiger partial charge in [0.15, 0.2) is 0 Å². The zero-order chi connectivity index (χ0) is 11.3. The molecule has 0 spiro atoms. The molecule has 0 aliphatic carbocycles. The molecular formula is C9H16IN3O2. The van der Waals surface area contributed by atoms with E-state index in [-0.39, 0.29) is 17.9 Å². The van der Waals surface area contributed by atoms with Gasteiger partial charge in [0.2, 0.25) is 11.8 Å². The maximum absolute atomic E-state index is 11.7. The van der Waals surface area contributed by atoms with Crippen LogP contribution in [0.1, 0.15) is 19.8 Å². The van der Waals surface area contributed by atoms with Crippen molar-refractivity contribution in [2.75, 3.05) is 19.6 Å². The summed E-state index contributed by atoms with van der Waals surface area (Å²) in [6.45, 7) is 3.55. The minimum atomic E-state index is -0.253. The van der Waals surface area contributed by atoms with Gasteiger partial charge in [0, 0.05) is 49.4 Å². The fraction of sp³-hybridized carbons (Fsp3) is 0.778. The largest absolute Gasteiger partial charge is 0.353 e. The normalized spacial score (nSPS) is 20.4. The Balaban J connectivity index is 2.40. The van der Waals surface area contributed by atoms with E-state index >= 15 is 0 Å². The van der Waals surface area contributed by atoms with Gasteiger partial charge in [-0.2, -0.15) is 0 Å². The van der Waals surface area contributed by atoms with Crippen LogP contribution in [-0.4, -0.2) is 42.4 Å². The van der Waals surface area contributed by atoms with Crippen molar-refractivity contribution in [3.8, 4) is 0 Å². The first-order chi connectivity index (χ1) is 7.16. The number of halogens is 1. The van der Waals surface area contributed by atoms with Crippen LogP contribution in [0.5, 0.6) is 0 Å². The fourth-order valence-electron chi connectivity index (χ4n) is 1.77. The molecule has 1 unspecified atom stereocenters. The van der Waals surface area contributed by atoms with E-state index in [4.69, 9.17) is 0 Å². The lowest BCUT2D eigenvalue weighted by Crippen LogP contribution is -2.46. The van der Waals surface area contributed by atoms with Gasteiger partial charge in [0.05, 0.1) is 0 Å². The molecule has 1 aliphatic rings. The molecule has 2 N–H and O–H groups in total. The van der Waals surface area contributed by atoms with Crippen molar-refractivity contribution in [3.05, 3.63) is 0 Å². The van der Waals surface area contributed by atoms with E-state index < -0.39 is 0 Å². The summed E-state index contributed by atoms with van der Waals surface area (Å²) in [6.07, 6.45) is 1.70. The minimum absolute atomic E-state index is 0.0142. The number of hydrogen-bond acceptors (Lipinski definition) is 3. The average Bonchev–Trinajstić information content (AvgIpc) is 2.66. The maximum Gasteiger partial charge on any atom is 0.242 e. The Morgan fingerprint density at radius 3 is 2.80 bits per heavy atom. The Labute approximate surface area is 103 Å².